The Bertz CT molecular complexity index is 2900. The van der Waals surface area contributed by atoms with Crippen molar-refractivity contribution in [3.63, 3.8) is 0 Å². The number of hydrogen-bond donors (Lipinski definition) is 15. The molecule has 0 unspecified atom stereocenters. The van der Waals surface area contributed by atoms with Gasteiger partial charge in [-0.05, 0) is 106 Å². The minimum atomic E-state index is -1.69. The Morgan fingerprint density at radius 2 is 1.24 bits per heavy atom. The predicted molar refractivity (Wildman–Crippen MR) is 344 cm³/mol. The number of unbranched alkanes of at least 4 members (excludes halogenated alkanes) is 9. The van der Waals surface area contributed by atoms with E-state index in [0.29, 0.717) is 30.5 Å². The number of benzene rings is 2. The third-order valence-corrected chi connectivity index (χ3v) is 16.2. The molecule has 2 aliphatic heterocycles. The molecule has 502 valence electrons. The first kappa shape index (κ1) is 73.4. The molecule has 0 spiro atoms. The zero-order chi connectivity index (χ0) is 66.2. The van der Waals surface area contributed by atoms with E-state index in [2.05, 4.69) is 64.8 Å². The lowest BCUT2D eigenvalue weighted by Gasteiger charge is -2.30. The molecule has 27 heteroatoms. The SMILES string of the molecule is CCCCCCCCCCCCNCCC[C@@H](NC(=O)[C@H](Cc1ccc(O)cc1)NC(=O)[C@H](CO)NC(=O)[C@H](Cc1c[nH]c2ccccc12)NC(=O)[C@@H]1CCC(=O)N1)C(=O)N[C@@H](CC(C)C)C(=O)N[C@@H](CCCN=C(N)N)C(=O)N1CCC[C@H]1C(=O)NCC(N)=O. The van der Waals surface area contributed by atoms with E-state index >= 15 is 0 Å². The number of hydrogen-bond acceptors (Lipinski definition) is 14. The molecule has 3 aromatic rings. The van der Waals surface area contributed by atoms with Crippen molar-refractivity contribution < 1.29 is 58.2 Å². The first-order valence-electron chi connectivity index (χ1n) is 32.4. The number of nitrogens with zero attached hydrogens (tertiary/aromatic N) is 2. The van der Waals surface area contributed by atoms with Crippen LogP contribution in [-0.2, 0) is 60.8 Å². The predicted octanol–water partition coefficient (Wildman–Crippen LogP) is 0.821. The number of phenols is 1. The molecule has 18 N–H and O–H groups in total. The number of rotatable bonds is 42. The van der Waals surface area contributed by atoms with Crippen molar-refractivity contribution in [2.24, 2.45) is 28.1 Å². The quantitative estimate of drug-likeness (QED) is 0.0212. The molecule has 27 nitrogen and oxygen atoms in total. The fraction of sp³-hybridized carbons (Fsp3) is 0.609. The van der Waals surface area contributed by atoms with Crippen molar-refractivity contribution in [2.45, 2.75) is 204 Å². The van der Waals surface area contributed by atoms with Gasteiger partial charge >= 0.3 is 0 Å². The number of aliphatic imine (C=N–C) groups is 1. The van der Waals surface area contributed by atoms with Gasteiger partial charge in [0.05, 0.1) is 13.2 Å². The molecule has 0 bridgehead atoms. The summed E-state index contributed by atoms with van der Waals surface area (Å²) in [6.45, 7) is 5.93. The number of carbonyl (C=O) groups is 10. The average molecular weight is 1270 g/mol. The number of aromatic amines is 1. The molecule has 1 aromatic heterocycles. The smallest absolute Gasteiger partial charge is 0.245 e. The minimum absolute atomic E-state index is 0.0268. The Morgan fingerprint density at radius 3 is 1.89 bits per heavy atom. The van der Waals surface area contributed by atoms with Crippen LogP contribution < -0.4 is 65.1 Å². The van der Waals surface area contributed by atoms with Crippen molar-refractivity contribution in [1.29, 1.82) is 0 Å². The maximum absolute atomic E-state index is 14.9. The second-order valence-corrected chi connectivity index (χ2v) is 24.2. The highest BCUT2D eigenvalue weighted by Gasteiger charge is 2.40. The van der Waals surface area contributed by atoms with Gasteiger partial charge in [-0.3, -0.25) is 52.9 Å². The Hall–Kier alpha value is -8.33. The van der Waals surface area contributed by atoms with E-state index in [9.17, 15) is 58.2 Å². The number of nitrogens with one attached hydrogen (secondary N) is 10. The number of nitrogens with two attached hydrogens (primary N) is 3. The van der Waals surface area contributed by atoms with Crippen LogP contribution in [0.2, 0.25) is 0 Å². The third-order valence-electron chi connectivity index (χ3n) is 16.2. The Labute approximate surface area is 532 Å². The molecule has 2 fully saturated rings. The number of aliphatic hydroxyl groups excluding tert-OH is 1. The van der Waals surface area contributed by atoms with Gasteiger partial charge in [-0.2, -0.15) is 0 Å². The van der Waals surface area contributed by atoms with Gasteiger partial charge in [0.15, 0.2) is 5.96 Å². The van der Waals surface area contributed by atoms with Gasteiger partial charge in [0.1, 0.15) is 54.1 Å². The molecule has 5 rings (SSSR count). The molecular formula is C64H99N15O12. The zero-order valence-corrected chi connectivity index (χ0v) is 53.1. The number of fused-ring (bicyclic) bond motifs is 1. The summed E-state index contributed by atoms with van der Waals surface area (Å²) in [4.78, 5) is 146. The summed E-state index contributed by atoms with van der Waals surface area (Å²) in [5, 5.41) is 46.5. The Morgan fingerprint density at radius 1 is 0.659 bits per heavy atom. The van der Waals surface area contributed by atoms with Gasteiger partial charge in [-0.25, -0.2) is 0 Å². The van der Waals surface area contributed by atoms with E-state index in [1.165, 1.54) is 74.1 Å². The lowest BCUT2D eigenvalue weighted by molar-refractivity contribution is -0.142. The average Bonchev–Trinajstić information content (AvgIpc) is 2.05. The van der Waals surface area contributed by atoms with Crippen molar-refractivity contribution in [3.8, 4) is 5.75 Å². The fourth-order valence-corrected chi connectivity index (χ4v) is 11.3. The van der Waals surface area contributed by atoms with E-state index in [0.717, 1.165) is 36.7 Å². The monoisotopic (exact) mass is 1270 g/mol. The standard InChI is InChI=1S/C64H99N15O12/c1-4-5-6-7-8-9-10-11-12-15-30-68-31-16-21-46(56(84)75-49(34-40(2)3)58(86)74-48(22-17-32-69-64(66)67)63(91)79-33-18-23-53(79)62(90)71-38-54(65)82)73-59(87)50(35-41-24-26-43(81)27-25-41)76-61(89)52(39-80)78-60(88)51(77-57(85)47-28-29-55(83)72-47)36-42-37-70-45-20-14-13-19-44(42)45/h13-14,19-20,24-27,37,40,46-53,68,70,80-81H,4-12,15-18,21-23,28-36,38-39H2,1-3H3,(H2,65,82)(H,71,90)(H,72,83)(H,73,87)(H,74,86)(H,75,84)(H,76,89)(H,77,85)(H,78,88)(H4,66,67,69)/t46-,47+,48+,49+,50+,51+,52+,53+/m1/s1. The Balaban J connectivity index is 1.38. The normalized spacial score (nSPS) is 16.5. The van der Waals surface area contributed by atoms with Crippen LogP contribution in [0.15, 0.2) is 59.7 Å². The second kappa shape index (κ2) is 39.0. The van der Waals surface area contributed by atoms with Crippen LogP contribution in [0.25, 0.3) is 10.9 Å². The number of likely N-dealkylation sites (tertiary alicyclic amines) is 1. The Kier molecular flexibility index (Phi) is 31.5. The number of aromatic hydroxyl groups is 1. The van der Waals surface area contributed by atoms with Crippen LogP contribution in [0.3, 0.4) is 0 Å². The van der Waals surface area contributed by atoms with Crippen LogP contribution >= 0.6 is 0 Å². The molecule has 10 amide bonds. The van der Waals surface area contributed by atoms with Crippen molar-refractivity contribution in [1.82, 2.24) is 57.7 Å². The molecule has 0 radical (unpaired) electrons. The number of phenolic OH excluding ortho intramolecular Hbond substituents is 1. The van der Waals surface area contributed by atoms with Crippen LogP contribution in [0.4, 0.5) is 0 Å². The lowest BCUT2D eigenvalue weighted by Crippen LogP contribution is -2.61. The highest BCUT2D eigenvalue weighted by molar-refractivity contribution is 5.99. The summed E-state index contributed by atoms with van der Waals surface area (Å²) in [6, 6.07) is 2.93. The molecule has 0 saturated carbocycles. The largest absolute Gasteiger partial charge is 0.508 e. The molecule has 3 heterocycles. The third kappa shape index (κ3) is 25.5. The highest BCUT2D eigenvalue weighted by atomic mass is 16.3. The number of aromatic nitrogens is 1. The molecular weight excluding hydrogens is 1170 g/mol. The summed E-state index contributed by atoms with van der Waals surface area (Å²) in [6.07, 6.45) is 14.9. The van der Waals surface area contributed by atoms with E-state index in [1.54, 1.807) is 6.20 Å². The first-order valence-corrected chi connectivity index (χ1v) is 32.4. The minimum Gasteiger partial charge on any atom is -0.508 e. The lowest BCUT2D eigenvalue weighted by atomic mass is 10.00. The van der Waals surface area contributed by atoms with Crippen LogP contribution in [0.1, 0.15) is 154 Å². The molecule has 2 aliphatic rings. The van der Waals surface area contributed by atoms with Gasteiger partial charge in [0, 0.05) is 49.5 Å². The molecule has 91 heavy (non-hydrogen) atoms. The summed E-state index contributed by atoms with van der Waals surface area (Å²) < 4.78 is 0. The summed E-state index contributed by atoms with van der Waals surface area (Å²) in [7, 11) is 0. The summed E-state index contributed by atoms with van der Waals surface area (Å²) in [5.74, 6) is -7.58. The van der Waals surface area contributed by atoms with Crippen molar-refractivity contribution in [3.05, 3.63) is 65.9 Å². The number of aliphatic hydroxyl groups is 1. The van der Waals surface area contributed by atoms with Gasteiger partial charge in [0.25, 0.3) is 0 Å². The van der Waals surface area contributed by atoms with Gasteiger partial charge in [-0.15, -0.1) is 0 Å². The maximum Gasteiger partial charge on any atom is 0.245 e. The number of carbonyl (C=O) groups excluding carboxylic acids is 10. The number of amides is 10. The zero-order valence-electron chi connectivity index (χ0n) is 53.1. The molecule has 8 atom stereocenters. The summed E-state index contributed by atoms with van der Waals surface area (Å²) >= 11 is 0. The topological polar surface area (TPSA) is 429 Å². The fourth-order valence-electron chi connectivity index (χ4n) is 11.3. The molecule has 2 aromatic carbocycles. The number of para-hydroxylation sites is 1. The number of primary amides is 1. The van der Waals surface area contributed by atoms with E-state index < -0.39 is 115 Å². The van der Waals surface area contributed by atoms with Crippen LogP contribution in [0, 0.1) is 5.92 Å². The summed E-state index contributed by atoms with van der Waals surface area (Å²) in [5.41, 5.74) is 18.3. The van der Waals surface area contributed by atoms with E-state index in [-0.39, 0.29) is 94.4 Å². The van der Waals surface area contributed by atoms with Crippen LogP contribution in [0.5, 0.6) is 5.75 Å². The van der Waals surface area contributed by atoms with Gasteiger partial charge < -0.3 is 85.1 Å². The highest BCUT2D eigenvalue weighted by Crippen LogP contribution is 2.22. The van der Waals surface area contributed by atoms with Gasteiger partial charge in [0.2, 0.25) is 59.1 Å². The van der Waals surface area contributed by atoms with E-state index in [1.807, 2.05) is 38.1 Å². The van der Waals surface area contributed by atoms with Gasteiger partial charge in [-0.1, -0.05) is 109 Å². The number of guanidine groups is 1. The van der Waals surface area contributed by atoms with Crippen molar-refractivity contribution in [2.75, 3.05) is 39.3 Å². The van der Waals surface area contributed by atoms with Crippen molar-refractivity contribution >= 4 is 75.9 Å². The van der Waals surface area contributed by atoms with Crippen LogP contribution in [-0.4, -0.2) is 173 Å². The number of H-pyrrole nitrogens is 1. The molecule has 2 saturated heterocycles. The maximum atomic E-state index is 14.9. The molecule has 0 aliphatic carbocycles. The van der Waals surface area contributed by atoms with E-state index in [4.69, 9.17) is 17.2 Å². The first-order chi connectivity index (χ1) is 43.7. The second-order valence-electron chi connectivity index (χ2n) is 24.2.